The highest BCUT2D eigenvalue weighted by molar-refractivity contribution is 5.99. The largest absolute Gasteiger partial charge is 0.507 e. The normalized spacial score (nSPS) is 21.9. The van der Waals surface area contributed by atoms with Crippen molar-refractivity contribution in [3.8, 4) is 5.75 Å². The van der Waals surface area contributed by atoms with Crippen molar-refractivity contribution < 1.29 is 24.5 Å². The van der Waals surface area contributed by atoms with E-state index >= 15 is 0 Å². The predicted octanol–water partition coefficient (Wildman–Crippen LogP) is 0.449. The maximum absolute atomic E-state index is 12.4. The number of esters is 1. The summed E-state index contributed by atoms with van der Waals surface area (Å²) in [6, 6.07) is 4.01. The van der Waals surface area contributed by atoms with Gasteiger partial charge in [0.15, 0.2) is 0 Å². The first-order valence-electron chi connectivity index (χ1n) is 6.31. The Kier molecular flexibility index (Phi) is 3.94. The van der Waals surface area contributed by atoms with Gasteiger partial charge in [-0.2, -0.15) is 0 Å². The fraction of sp³-hybridized carbons (Fsp3) is 0.429. The molecule has 1 amide bonds. The van der Waals surface area contributed by atoms with E-state index in [1.165, 1.54) is 18.1 Å². The molecule has 1 aliphatic heterocycles. The lowest BCUT2D eigenvalue weighted by Gasteiger charge is -2.23. The third-order valence-electron chi connectivity index (χ3n) is 3.48. The Morgan fingerprint density at radius 3 is 2.75 bits per heavy atom. The molecule has 6 heteroatoms. The van der Waals surface area contributed by atoms with Crippen molar-refractivity contribution >= 4 is 11.9 Å². The van der Waals surface area contributed by atoms with E-state index < -0.39 is 24.0 Å². The zero-order valence-corrected chi connectivity index (χ0v) is 11.4. The molecule has 6 nitrogen and oxygen atoms in total. The van der Waals surface area contributed by atoms with E-state index in [0.29, 0.717) is 5.56 Å². The van der Waals surface area contributed by atoms with E-state index in [0.717, 1.165) is 0 Å². The van der Waals surface area contributed by atoms with Gasteiger partial charge in [0, 0.05) is 13.0 Å². The van der Waals surface area contributed by atoms with Crippen molar-refractivity contribution in [2.45, 2.75) is 25.5 Å². The number of ether oxygens (including phenoxy) is 1. The van der Waals surface area contributed by atoms with Crippen LogP contribution < -0.4 is 0 Å². The standard InChI is InChI=1S/C14H17NO5/c1-8-4-3-5-10(12(8)17)13(18)15-7-9(16)6-11(15)14(19)20-2/h3-5,9,11,16-17H,6-7H2,1-2H3. The van der Waals surface area contributed by atoms with Crippen LogP contribution in [0.1, 0.15) is 22.3 Å². The molecule has 2 N–H and O–H groups in total. The van der Waals surface area contributed by atoms with Gasteiger partial charge in [-0.15, -0.1) is 0 Å². The molecule has 0 aromatic heterocycles. The number of hydrogen-bond acceptors (Lipinski definition) is 5. The van der Waals surface area contributed by atoms with Gasteiger partial charge in [0.05, 0.1) is 18.8 Å². The van der Waals surface area contributed by atoms with E-state index in [-0.39, 0.29) is 24.3 Å². The number of para-hydroxylation sites is 1. The number of carbonyl (C=O) groups excluding carboxylic acids is 2. The molecule has 2 atom stereocenters. The minimum absolute atomic E-state index is 0.0476. The monoisotopic (exact) mass is 279 g/mol. The van der Waals surface area contributed by atoms with Crippen LogP contribution in [-0.2, 0) is 9.53 Å². The number of aromatic hydroxyl groups is 1. The van der Waals surface area contributed by atoms with Gasteiger partial charge in [-0.3, -0.25) is 4.79 Å². The van der Waals surface area contributed by atoms with Crippen LogP contribution in [0.4, 0.5) is 0 Å². The second-order valence-corrected chi connectivity index (χ2v) is 4.86. The van der Waals surface area contributed by atoms with Crippen LogP contribution in [-0.4, -0.2) is 52.8 Å². The Morgan fingerprint density at radius 1 is 1.40 bits per heavy atom. The number of aliphatic hydroxyl groups excluding tert-OH is 1. The highest BCUT2D eigenvalue weighted by Crippen LogP contribution is 2.27. The number of aliphatic hydroxyl groups is 1. The van der Waals surface area contributed by atoms with Crippen LogP contribution in [0.15, 0.2) is 18.2 Å². The first-order valence-corrected chi connectivity index (χ1v) is 6.31. The summed E-state index contributed by atoms with van der Waals surface area (Å²) in [7, 11) is 1.24. The van der Waals surface area contributed by atoms with Crippen LogP contribution in [0, 0.1) is 6.92 Å². The lowest BCUT2D eigenvalue weighted by atomic mass is 10.1. The van der Waals surface area contributed by atoms with Crippen LogP contribution in [0.3, 0.4) is 0 Å². The maximum atomic E-state index is 12.4. The van der Waals surface area contributed by atoms with Crippen molar-refractivity contribution in [3.05, 3.63) is 29.3 Å². The number of hydrogen-bond donors (Lipinski definition) is 2. The summed E-state index contributed by atoms with van der Waals surface area (Å²) >= 11 is 0. The quantitative estimate of drug-likeness (QED) is 0.767. The van der Waals surface area contributed by atoms with Gasteiger partial charge >= 0.3 is 5.97 Å². The zero-order chi connectivity index (χ0) is 14.9. The van der Waals surface area contributed by atoms with Crippen molar-refractivity contribution in [3.63, 3.8) is 0 Å². The molecular weight excluding hydrogens is 262 g/mol. The number of nitrogens with zero attached hydrogens (tertiary/aromatic N) is 1. The number of benzene rings is 1. The summed E-state index contributed by atoms with van der Waals surface area (Å²) in [5, 5.41) is 19.6. The second-order valence-electron chi connectivity index (χ2n) is 4.86. The molecule has 0 saturated carbocycles. The molecule has 2 rings (SSSR count). The number of aryl methyl sites for hydroxylation is 1. The van der Waals surface area contributed by atoms with Crippen LogP contribution in [0.25, 0.3) is 0 Å². The smallest absolute Gasteiger partial charge is 0.328 e. The van der Waals surface area contributed by atoms with E-state index in [1.807, 2.05) is 0 Å². The number of carbonyl (C=O) groups is 2. The van der Waals surface area contributed by atoms with E-state index in [2.05, 4.69) is 4.74 Å². The maximum Gasteiger partial charge on any atom is 0.328 e. The van der Waals surface area contributed by atoms with Crippen molar-refractivity contribution in [1.29, 1.82) is 0 Å². The average Bonchev–Trinajstić information content (AvgIpc) is 2.82. The van der Waals surface area contributed by atoms with E-state index in [9.17, 15) is 19.8 Å². The fourth-order valence-corrected chi connectivity index (χ4v) is 2.38. The van der Waals surface area contributed by atoms with Crippen molar-refractivity contribution in [1.82, 2.24) is 4.90 Å². The molecule has 1 aromatic rings. The van der Waals surface area contributed by atoms with Gasteiger partial charge < -0.3 is 19.8 Å². The van der Waals surface area contributed by atoms with Gasteiger partial charge in [0.25, 0.3) is 5.91 Å². The topological polar surface area (TPSA) is 87.1 Å². The lowest BCUT2D eigenvalue weighted by molar-refractivity contribution is -0.145. The van der Waals surface area contributed by atoms with Gasteiger partial charge in [-0.05, 0) is 18.6 Å². The molecule has 1 heterocycles. The van der Waals surface area contributed by atoms with Gasteiger partial charge in [-0.1, -0.05) is 12.1 Å². The van der Waals surface area contributed by atoms with Gasteiger partial charge in [0.1, 0.15) is 11.8 Å². The number of amides is 1. The number of β-amino-alcohol motifs (C(OH)–C–C–N with tert-alkyl or cyclic N) is 1. The predicted molar refractivity (Wildman–Crippen MR) is 70.3 cm³/mol. The summed E-state index contributed by atoms with van der Waals surface area (Å²) < 4.78 is 4.65. The first kappa shape index (κ1) is 14.3. The number of phenolic OH excluding ortho intramolecular Hbond substituents is 1. The van der Waals surface area contributed by atoms with Crippen LogP contribution in [0.2, 0.25) is 0 Å². The zero-order valence-electron chi connectivity index (χ0n) is 11.4. The molecule has 2 unspecified atom stereocenters. The molecule has 0 aliphatic carbocycles. The van der Waals surface area contributed by atoms with E-state index in [4.69, 9.17) is 0 Å². The SMILES string of the molecule is COC(=O)C1CC(O)CN1C(=O)c1cccc(C)c1O. The highest BCUT2D eigenvalue weighted by Gasteiger charge is 2.40. The Hall–Kier alpha value is -2.08. The fourth-order valence-electron chi connectivity index (χ4n) is 2.38. The van der Waals surface area contributed by atoms with Gasteiger partial charge in [0.2, 0.25) is 0 Å². The molecule has 20 heavy (non-hydrogen) atoms. The minimum Gasteiger partial charge on any atom is -0.507 e. The van der Waals surface area contributed by atoms with Crippen molar-refractivity contribution in [2.75, 3.05) is 13.7 Å². The number of phenols is 1. The third kappa shape index (κ3) is 2.46. The second kappa shape index (κ2) is 5.50. The summed E-state index contributed by atoms with van der Waals surface area (Å²) in [6.07, 6.45) is -0.625. The Bertz CT molecular complexity index is 542. The Labute approximate surface area is 116 Å². The molecule has 0 spiro atoms. The summed E-state index contributed by atoms with van der Waals surface area (Å²) in [4.78, 5) is 25.4. The lowest BCUT2D eigenvalue weighted by Crippen LogP contribution is -2.41. The van der Waals surface area contributed by atoms with Crippen molar-refractivity contribution in [2.24, 2.45) is 0 Å². The van der Waals surface area contributed by atoms with E-state index in [1.54, 1.807) is 19.1 Å². The number of likely N-dealkylation sites (tertiary alicyclic amines) is 1. The van der Waals surface area contributed by atoms with Gasteiger partial charge in [-0.25, -0.2) is 4.79 Å². The van der Waals surface area contributed by atoms with Crippen LogP contribution in [0.5, 0.6) is 5.75 Å². The average molecular weight is 279 g/mol. The first-order chi connectivity index (χ1) is 9.45. The molecule has 0 radical (unpaired) electrons. The minimum atomic E-state index is -0.817. The number of rotatable bonds is 2. The third-order valence-corrected chi connectivity index (χ3v) is 3.48. The van der Waals surface area contributed by atoms with Crippen LogP contribution >= 0.6 is 0 Å². The Morgan fingerprint density at radius 2 is 2.10 bits per heavy atom. The molecule has 1 fully saturated rings. The molecule has 108 valence electrons. The summed E-state index contributed by atoms with van der Waals surface area (Å²) in [6.45, 7) is 1.73. The highest BCUT2D eigenvalue weighted by atomic mass is 16.5. The number of methoxy groups -OCH3 is 1. The molecule has 1 aliphatic rings. The Balaban J connectivity index is 2.31. The summed E-state index contributed by atoms with van der Waals surface area (Å²) in [5.41, 5.74) is 0.693. The molecule has 1 aromatic carbocycles. The summed E-state index contributed by atoms with van der Waals surface area (Å²) in [5.74, 6) is -1.16. The molecule has 0 bridgehead atoms. The molecule has 1 saturated heterocycles. The molecular formula is C14H17NO5.